The fraction of sp³-hybridized carbons (Fsp3) is 0.714. The molecule has 150 valence electrons. The highest BCUT2D eigenvalue weighted by Gasteiger charge is 2.23. The molecule has 0 heterocycles. The molecule has 0 spiro atoms. The summed E-state index contributed by atoms with van der Waals surface area (Å²) >= 11 is 0. The molecule has 1 unspecified atom stereocenters. The Hall–Kier alpha value is -1.07. The van der Waals surface area contributed by atoms with Gasteiger partial charge < -0.3 is 4.74 Å². The van der Waals surface area contributed by atoms with Crippen molar-refractivity contribution in [2.45, 2.75) is 96.8 Å². The molecule has 0 fully saturated rings. The fourth-order valence-electron chi connectivity index (χ4n) is 3.10. The third-order valence-electron chi connectivity index (χ3n) is 4.60. The van der Waals surface area contributed by atoms with E-state index in [0.717, 1.165) is 25.7 Å². The zero-order valence-electron chi connectivity index (χ0n) is 16.7. The van der Waals surface area contributed by atoms with Crippen molar-refractivity contribution in [3.8, 4) is 5.75 Å². The Kier molecular flexibility index (Phi) is 10.9. The Labute approximate surface area is 160 Å². The van der Waals surface area contributed by atoms with Crippen LogP contribution in [0.15, 0.2) is 18.2 Å². The van der Waals surface area contributed by atoms with Gasteiger partial charge in [0, 0.05) is 0 Å². The van der Waals surface area contributed by atoms with E-state index < -0.39 is 15.6 Å². The first-order chi connectivity index (χ1) is 12.4. The Balaban J connectivity index is 2.87. The van der Waals surface area contributed by atoms with E-state index in [0.29, 0.717) is 5.75 Å². The normalized spacial score (nSPS) is 12.9. The third-order valence-corrected chi connectivity index (χ3v) is 5.69. The molecule has 0 aliphatic heterocycles. The number of aryl methyl sites for hydroxylation is 2. The number of unbranched alkanes of at least 4 members (excludes halogenated alkanes) is 6. The van der Waals surface area contributed by atoms with E-state index in [1.165, 1.54) is 49.7 Å². The molecule has 0 radical (unpaired) electrons. The highest BCUT2D eigenvalue weighted by Crippen LogP contribution is 2.23. The molecule has 1 aromatic rings. The largest absolute Gasteiger partial charge is 0.472 e. The van der Waals surface area contributed by atoms with Crippen molar-refractivity contribution in [2.75, 3.05) is 0 Å². The summed E-state index contributed by atoms with van der Waals surface area (Å²) in [6.45, 7) is 6.09. The average Bonchev–Trinajstić information content (AvgIpc) is 2.59. The lowest BCUT2D eigenvalue weighted by Gasteiger charge is -2.17. The van der Waals surface area contributed by atoms with Crippen LogP contribution in [0.2, 0.25) is 0 Å². The summed E-state index contributed by atoms with van der Waals surface area (Å²) < 4.78 is 37.9. The van der Waals surface area contributed by atoms with E-state index in [-0.39, 0.29) is 6.42 Å². The van der Waals surface area contributed by atoms with Crippen molar-refractivity contribution in [1.29, 1.82) is 0 Å². The highest BCUT2D eigenvalue weighted by molar-refractivity contribution is 7.86. The molecule has 0 amide bonds. The molecule has 4 nitrogen and oxygen atoms in total. The van der Waals surface area contributed by atoms with Gasteiger partial charge in [0.1, 0.15) is 5.75 Å². The van der Waals surface area contributed by atoms with Gasteiger partial charge in [0.25, 0.3) is 0 Å². The maximum atomic E-state index is 11.5. The first-order valence-corrected chi connectivity index (χ1v) is 11.7. The zero-order chi connectivity index (χ0) is 19.4. The number of hydrogen-bond acceptors (Lipinski definition) is 3. The molecule has 0 bridgehead atoms. The SMILES string of the molecule is CCCCCCc1cc(CCCCCC)cc(OC(CC)S(=O)(=O)O)c1. The minimum atomic E-state index is -4.21. The summed E-state index contributed by atoms with van der Waals surface area (Å²) in [6, 6.07) is 6.07. The van der Waals surface area contributed by atoms with Crippen LogP contribution in [0.5, 0.6) is 5.75 Å². The minimum absolute atomic E-state index is 0.214. The molecule has 1 N–H and O–H groups in total. The van der Waals surface area contributed by atoms with Gasteiger partial charge >= 0.3 is 10.1 Å². The number of hydrogen-bond donors (Lipinski definition) is 1. The Morgan fingerprint density at radius 1 is 0.846 bits per heavy atom. The van der Waals surface area contributed by atoms with E-state index in [9.17, 15) is 13.0 Å². The predicted octanol–water partition coefficient (Wildman–Crippen LogP) is 5.93. The monoisotopic (exact) mass is 384 g/mol. The first-order valence-electron chi connectivity index (χ1n) is 10.2. The Morgan fingerprint density at radius 2 is 1.35 bits per heavy atom. The van der Waals surface area contributed by atoms with Crippen molar-refractivity contribution in [2.24, 2.45) is 0 Å². The van der Waals surface area contributed by atoms with E-state index in [1.54, 1.807) is 6.92 Å². The maximum Gasteiger partial charge on any atom is 0.303 e. The topological polar surface area (TPSA) is 63.6 Å². The van der Waals surface area contributed by atoms with Gasteiger partial charge in [0.15, 0.2) is 0 Å². The number of benzene rings is 1. The summed E-state index contributed by atoms with van der Waals surface area (Å²) in [5, 5.41) is 0. The van der Waals surface area contributed by atoms with Crippen LogP contribution in [0.3, 0.4) is 0 Å². The molecule has 0 aliphatic rings. The van der Waals surface area contributed by atoms with Gasteiger partial charge in [-0.1, -0.05) is 65.4 Å². The first kappa shape index (κ1) is 23.0. The fourth-order valence-corrected chi connectivity index (χ4v) is 3.76. The quantitative estimate of drug-likeness (QED) is 0.319. The van der Waals surface area contributed by atoms with Gasteiger partial charge in [-0.05, 0) is 55.4 Å². The van der Waals surface area contributed by atoms with Crippen molar-refractivity contribution < 1.29 is 17.7 Å². The van der Waals surface area contributed by atoms with Crippen molar-refractivity contribution in [1.82, 2.24) is 0 Å². The van der Waals surface area contributed by atoms with Gasteiger partial charge in [0.2, 0.25) is 5.44 Å². The smallest absolute Gasteiger partial charge is 0.303 e. The van der Waals surface area contributed by atoms with Crippen molar-refractivity contribution >= 4 is 10.1 Å². The van der Waals surface area contributed by atoms with E-state index in [2.05, 4.69) is 19.9 Å². The van der Waals surface area contributed by atoms with E-state index in [4.69, 9.17) is 4.74 Å². The second kappa shape index (κ2) is 12.3. The van der Waals surface area contributed by atoms with Gasteiger partial charge in [0.05, 0.1) is 0 Å². The molecule has 1 atom stereocenters. The Morgan fingerprint density at radius 3 is 1.73 bits per heavy atom. The lowest BCUT2D eigenvalue weighted by molar-refractivity contribution is 0.252. The molecular formula is C21H36O4S. The minimum Gasteiger partial charge on any atom is -0.472 e. The lowest BCUT2D eigenvalue weighted by atomic mass is 10.00. The van der Waals surface area contributed by atoms with Crippen LogP contribution in [0.25, 0.3) is 0 Å². The molecule has 1 rings (SSSR count). The summed E-state index contributed by atoms with van der Waals surface area (Å²) in [7, 11) is -4.21. The second-order valence-electron chi connectivity index (χ2n) is 7.08. The number of rotatable bonds is 14. The molecule has 0 saturated carbocycles. The Bertz CT molecular complexity index is 580. The van der Waals surface area contributed by atoms with Gasteiger partial charge in [-0.2, -0.15) is 8.42 Å². The molecule has 26 heavy (non-hydrogen) atoms. The molecule has 0 saturated heterocycles. The predicted molar refractivity (Wildman–Crippen MR) is 108 cm³/mol. The van der Waals surface area contributed by atoms with Crippen LogP contribution >= 0.6 is 0 Å². The van der Waals surface area contributed by atoms with Gasteiger partial charge in [-0.25, -0.2) is 0 Å². The molecule has 1 aromatic carbocycles. The number of ether oxygens (including phenoxy) is 1. The van der Waals surface area contributed by atoms with Crippen LogP contribution in [0.4, 0.5) is 0 Å². The second-order valence-corrected chi connectivity index (χ2v) is 8.63. The average molecular weight is 385 g/mol. The highest BCUT2D eigenvalue weighted by atomic mass is 32.2. The van der Waals surface area contributed by atoms with Crippen LogP contribution in [-0.4, -0.2) is 18.4 Å². The van der Waals surface area contributed by atoms with Crippen LogP contribution in [-0.2, 0) is 23.0 Å². The van der Waals surface area contributed by atoms with E-state index >= 15 is 0 Å². The van der Waals surface area contributed by atoms with E-state index in [1.807, 2.05) is 12.1 Å². The lowest BCUT2D eigenvalue weighted by Crippen LogP contribution is -2.26. The van der Waals surface area contributed by atoms with Crippen molar-refractivity contribution in [3.05, 3.63) is 29.3 Å². The molecule has 0 aromatic heterocycles. The van der Waals surface area contributed by atoms with Crippen molar-refractivity contribution in [3.63, 3.8) is 0 Å². The standard InChI is InChI=1S/C21H36O4S/c1-4-7-9-11-13-18-15-19(14-12-10-8-5-2)17-20(16-18)25-21(6-3)26(22,23)24/h15-17,21H,4-14H2,1-3H3,(H,22,23,24). The summed E-state index contributed by atoms with van der Waals surface area (Å²) in [5.41, 5.74) is 1.18. The van der Waals surface area contributed by atoms with Crippen LogP contribution < -0.4 is 4.74 Å². The van der Waals surface area contributed by atoms with Crippen LogP contribution in [0.1, 0.15) is 89.7 Å². The van der Waals surface area contributed by atoms with Gasteiger partial charge in [-0.15, -0.1) is 0 Å². The molecule has 5 heteroatoms. The third kappa shape index (κ3) is 9.04. The zero-order valence-corrected chi connectivity index (χ0v) is 17.5. The molecule has 0 aliphatic carbocycles. The summed E-state index contributed by atoms with van der Waals surface area (Å²) in [6.07, 6.45) is 11.7. The summed E-state index contributed by atoms with van der Waals surface area (Å²) in [5.74, 6) is 0.549. The molecular weight excluding hydrogens is 348 g/mol. The van der Waals surface area contributed by atoms with Crippen LogP contribution in [0, 0.1) is 0 Å². The van der Waals surface area contributed by atoms with Gasteiger partial charge in [-0.3, -0.25) is 4.55 Å². The summed E-state index contributed by atoms with van der Waals surface area (Å²) in [4.78, 5) is 0. The maximum absolute atomic E-state index is 11.5.